The van der Waals surface area contributed by atoms with Gasteiger partial charge >= 0.3 is 0 Å². The Balaban J connectivity index is 2.05. The molecule has 4 heteroatoms. The van der Waals surface area contributed by atoms with Gasteiger partial charge in [-0.25, -0.2) is 0 Å². The van der Waals surface area contributed by atoms with E-state index in [0.29, 0.717) is 5.69 Å². The molecule has 1 saturated heterocycles. The van der Waals surface area contributed by atoms with Crippen LogP contribution in [0.2, 0.25) is 0 Å². The van der Waals surface area contributed by atoms with E-state index in [1.165, 1.54) is 0 Å². The predicted molar refractivity (Wildman–Crippen MR) is 67.0 cm³/mol. The van der Waals surface area contributed by atoms with Crippen molar-refractivity contribution in [3.05, 3.63) is 23.8 Å². The van der Waals surface area contributed by atoms with Crippen LogP contribution in [-0.4, -0.2) is 23.6 Å². The Bertz CT molecular complexity index is 431. The van der Waals surface area contributed by atoms with Gasteiger partial charge in [0.25, 0.3) is 0 Å². The van der Waals surface area contributed by atoms with Crippen LogP contribution in [0.4, 0.5) is 5.69 Å². The third-order valence-corrected chi connectivity index (χ3v) is 3.34. The smallest absolute Gasteiger partial charge is 0.229 e. The number of aromatic hydroxyl groups is 1. The van der Waals surface area contributed by atoms with Crippen molar-refractivity contribution < 1.29 is 9.90 Å². The van der Waals surface area contributed by atoms with Crippen molar-refractivity contribution in [1.29, 1.82) is 0 Å². The van der Waals surface area contributed by atoms with Gasteiger partial charge in [0, 0.05) is 17.8 Å². The maximum absolute atomic E-state index is 12.0. The van der Waals surface area contributed by atoms with Gasteiger partial charge in [-0.1, -0.05) is 6.07 Å². The zero-order valence-corrected chi connectivity index (χ0v) is 10.2. The highest BCUT2D eigenvalue weighted by Gasteiger charge is 2.29. The summed E-state index contributed by atoms with van der Waals surface area (Å²) in [6, 6.07) is 5.40. The van der Waals surface area contributed by atoms with E-state index in [4.69, 9.17) is 0 Å². The Morgan fingerprint density at radius 1 is 1.53 bits per heavy atom. The molecule has 0 radical (unpaired) electrons. The van der Waals surface area contributed by atoms with E-state index in [2.05, 4.69) is 10.6 Å². The van der Waals surface area contributed by atoms with Gasteiger partial charge in [-0.05, 0) is 38.4 Å². The van der Waals surface area contributed by atoms with E-state index in [9.17, 15) is 9.90 Å². The number of nitrogens with one attached hydrogen (secondary N) is 2. The molecule has 1 aromatic carbocycles. The fourth-order valence-electron chi connectivity index (χ4n) is 2.14. The molecule has 92 valence electrons. The molecule has 1 heterocycles. The maximum atomic E-state index is 12.0. The molecule has 1 aliphatic rings. The Morgan fingerprint density at radius 2 is 2.29 bits per heavy atom. The molecular weight excluding hydrogens is 216 g/mol. The molecule has 17 heavy (non-hydrogen) atoms. The number of amides is 1. The third-order valence-electron chi connectivity index (χ3n) is 3.34. The Hall–Kier alpha value is -1.55. The number of phenols is 1. The summed E-state index contributed by atoms with van der Waals surface area (Å²) in [4.78, 5) is 12.0. The molecule has 0 spiro atoms. The van der Waals surface area contributed by atoms with E-state index in [1.54, 1.807) is 18.2 Å². The second-order valence-electron chi connectivity index (χ2n) is 4.63. The molecule has 2 atom stereocenters. The van der Waals surface area contributed by atoms with Crippen LogP contribution < -0.4 is 10.6 Å². The van der Waals surface area contributed by atoms with Crippen molar-refractivity contribution in [3.63, 3.8) is 0 Å². The summed E-state index contributed by atoms with van der Waals surface area (Å²) in [6.07, 6.45) is 0.866. The zero-order chi connectivity index (χ0) is 12.4. The molecule has 0 saturated carbocycles. The molecule has 1 amide bonds. The summed E-state index contributed by atoms with van der Waals surface area (Å²) in [5, 5.41) is 15.7. The molecule has 0 aromatic heterocycles. The topological polar surface area (TPSA) is 61.4 Å². The number of anilines is 1. The first-order valence-corrected chi connectivity index (χ1v) is 5.92. The van der Waals surface area contributed by atoms with E-state index in [1.807, 2.05) is 13.8 Å². The van der Waals surface area contributed by atoms with E-state index in [0.717, 1.165) is 18.5 Å². The van der Waals surface area contributed by atoms with Crippen LogP contribution >= 0.6 is 0 Å². The number of aryl methyl sites for hydroxylation is 1. The number of benzene rings is 1. The monoisotopic (exact) mass is 234 g/mol. The van der Waals surface area contributed by atoms with Crippen molar-refractivity contribution >= 4 is 11.6 Å². The molecule has 0 aliphatic carbocycles. The van der Waals surface area contributed by atoms with Crippen LogP contribution in [0.15, 0.2) is 18.2 Å². The molecule has 4 nitrogen and oxygen atoms in total. The number of carbonyl (C=O) groups is 1. The van der Waals surface area contributed by atoms with E-state index < -0.39 is 0 Å². The number of hydrogen-bond acceptors (Lipinski definition) is 3. The van der Waals surface area contributed by atoms with E-state index >= 15 is 0 Å². The first-order valence-electron chi connectivity index (χ1n) is 5.92. The van der Waals surface area contributed by atoms with Gasteiger partial charge in [-0.15, -0.1) is 0 Å². The predicted octanol–water partition coefficient (Wildman–Crippen LogP) is 1.64. The van der Waals surface area contributed by atoms with Gasteiger partial charge in [0.15, 0.2) is 0 Å². The number of carbonyl (C=O) groups excluding carboxylic acids is 1. The second-order valence-corrected chi connectivity index (χ2v) is 4.63. The van der Waals surface area contributed by atoms with Gasteiger partial charge in [-0.3, -0.25) is 4.79 Å². The zero-order valence-electron chi connectivity index (χ0n) is 10.2. The number of phenolic OH excluding ortho intramolecular Hbond substituents is 1. The minimum absolute atomic E-state index is 0.0124. The largest absolute Gasteiger partial charge is 0.508 e. The average Bonchev–Trinajstić information content (AvgIpc) is 2.70. The number of rotatable bonds is 2. The van der Waals surface area contributed by atoms with Crippen molar-refractivity contribution in [2.24, 2.45) is 5.92 Å². The van der Waals surface area contributed by atoms with Crippen LogP contribution in [0.5, 0.6) is 5.75 Å². The summed E-state index contributed by atoms with van der Waals surface area (Å²) in [6.45, 7) is 4.73. The molecule has 3 N–H and O–H groups in total. The lowest BCUT2D eigenvalue weighted by atomic mass is 10.0. The quantitative estimate of drug-likeness (QED) is 0.729. The van der Waals surface area contributed by atoms with Crippen molar-refractivity contribution in [1.82, 2.24) is 5.32 Å². The molecule has 0 bridgehead atoms. The van der Waals surface area contributed by atoms with Crippen LogP contribution in [0, 0.1) is 12.8 Å². The van der Waals surface area contributed by atoms with Crippen molar-refractivity contribution in [3.8, 4) is 5.75 Å². The SMILES string of the molecule is Cc1ccc(NC(=O)C2CCNC2C)cc1O. The van der Waals surface area contributed by atoms with Crippen LogP contribution in [0.25, 0.3) is 0 Å². The second kappa shape index (κ2) is 4.75. The van der Waals surface area contributed by atoms with Gasteiger partial charge < -0.3 is 15.7 Å². The lowest BCUT2D eigenvalue weighted by Gasteiger charge is -2.15. The van der Waals surface area contributed by atoms with Gasteiger partial charge in [0.1, 0.15) is 5.75 Å². The summed E-state index contributed by atoms with van der Waals surface area (Å²) in [5.41, 5.74) is 1.45. The molecule has 2 unspecified atom stereocenters. The molecular formula is C13H18N2O2. The summed E-state index contributed by atoms with van der Waals surface area (Å²) in [5.74, 6) is 0.240. The minimum atomic E-state index is 0.0124. The van der Waals surface area contributed by atoms with E-state index in [-0.39, 0.29) is 23.6 Å². The molecule has 2 rings (SSSR count). The summed E-state index contributed by atoms with van der Waals surface area (Å²) >= 11 is 0. The summed E-state index contributed by atoms with van der Waals surface area (Å²) < 4.78 is 0. The first kappa shape index (κ1) is 11.9. The van der Waals surface area contributed by atoms with Crippen LogP contribution in [-0.2, 0) is 4.79 Å². The van der Waals surface area contributed by atoms with Gasteiger partial charge in [-0.2, -0.15) is 0 Å². The maximum Gasteiger partial charge on any atom is 0.229 e. The Morgan fingerprint density at radius 3 is 2.88 bits per heavy atom. The third kappa shape index (κ3) is 2.58. The standard InChI is InChI=1S/C13H18N2O2/c1-8-3-4-10(7-12(8)16)15-13(17)11-5-6-14-9(11)2/h3-4,7,9,11,14,16H,5-6H2,1-2H3,(H,15,17). The fraction of sp³-hybridized carbons (Fsp3) is 0.462. The van der Waals surface area contributed by atoms with Gasteiger partial charge in [0.05, 0.1) is 5.92 Å². The van der Waals surface area contributed by atoms with Crippen molar-refractivity contribution in [2.45, 2.75) is 26.3 Å². The molecule has 1 aromatic rings. The number of hydrogen-bond donors (Lipinski definition) is 3. The highest BCUT2D eigenvalue weighted by molar-refractivity contribution is 5.93. The van der Waals surface area contributed by atoms with Gasteiger partial charge in [0.2, 0.25) is 5.91 Å². The highest BCUT2D eigenvalue weighted by atomic mass is 16.3. The Kier molecular flexibility index (Phi) is 3.33. The van der Waals surface area contributed by atoms with Crippen molar-refractivity contribution in [2.75, 3.05) is 11.9 Å². The molecule has 1 aliphatic heterocycles. The van der Waals surface area contributed by atoms with Crippen LogP contribution in [0.3, 0.4) is 0 Å². The lowest BCUT2D eigenvalue weighted by Crippen LogP contribution is -2.32. The van der Waals surface area contributed by atoms with Crippen LogP contribution in [0.1, 0.15) is 18.9 Å². The summed E-state index contributed by atoms with van der Waals surface area (Å²) in [7, 11) is 0. The average molecular weight is 234 g/mol. The first-order chi connectivity index (χ1) is 8.08. The highest BCUT2D eigenvalue weighted by Crippen LogP contribution is 2.23. The normalized spacial score (nSPS) is 23.6. The molecule has 1 fully saturated rings. The minimum Gasteiger partial charge on any atom is -0.508 e. The fourth-order valence-corrected chi connectivity index (χ4v) is 2.14. The lowest BCUT2D eigenvalue weighted by molar-refractivity contribution is -0.119. The Labute approximate surface area is 101 Å².